The van der Waals surface area contributed by atoms with Crippen LogP contribution < -0.4 is 10.1 Å². The fraction of sp³-hybridized carbons (Fsp3) is 0.0278. The molecule has 1 heterocycles. The number of amides is 1. The van der Waals surface area contributed by atoms with Gasteiger partial charge < -0.3 is 10.1 Å². The summed E-state index contributed by atoms with van der Waals surface area (Å²) in [6.45, 7) is -0.311. The Kier molecular flexibility index (Phi) is 7.61. The molecule has 0 aliphatic carbocycles. The molecule has 0 spiro atoms. The Bertz CT molecular complexity index is 1930. The van der Waals surface area contributed by atoms with E-state index in [1.165, 1.54) is 28.8 Å². The van der Waals surface area contributed by atoms with Gasteiger partial charge in [-0.1, -0.05) is 91.0 Å². The molecule has 5 aromatic carbocycles. The van der Waals surface area contributed by atoms with E-state index < -0.39 is 23.4 Å². The van der Waals surface area contributed by atoms with Gasteiger partial charge in [0.25, 0.3) is 11.8 Å². The Balaban J connectivity index is 1.44. The van der Waals surface area contributed by atoms with Crippen LogP contribution in [0.3, 0.4) is 0 Å². The first kappa shape index (κ1) is 27.4. The maximum absolute atomic E-state index is 14.2. The van der Waals surface area contributed by atoms with Gasteiger partial charge in [0.15, 0.2) is 6.61 Å². The molecule has 7 heteroatoms. The zero-order valence-corrected chi connectivity index (χ0v) is 22.9. The van der Waals surface area contributed by atoms with E-state index in [4.69, 9.17) is 4.74 Å². The Morgan fingerprint density at radius 3 is 1.93 bits per heavy atom. The van der Waals surface area contributed by atoms with Crippen molar-refractivity contribution in [1.29, 1.82) is 0 Å². The SMILES string of the molecule is O=C(COc1ccccc1)Nc1c(C(=O)c2ccc(-c3ccccc3)cc2)n(C(=O)c2ccc(F)cc2)c2ccccc12. The lowest BCUT2D eigenvalue weighted by Gasteiger charge is -2.12. The highest BCUT2D eigenvalue weighted by molar-refractivity contribution is 6.22. The second kappa shape index (κ2) is 12.0. The van der Waals surface area contributed by atoms with Gasteiger partial charge in [-0.2, -0.15) is 0 Å². The number of nitrogens with zero attached hydrogens (tertiary/aromatic N) is 1. The van der Waals surface area contributed by atoms with Crippen molar-refractivity contribution in [2.75, 3.05) is 11.9 Å². The first-order valence-electron chi connectivity index (χ1n) is 13.6. The van der Waals surface area contributed by atoms with Crippen molar-refractivity contribution >= 4 is 34.2 Å². The molecule has 6 nitrogen and oxygen atoms in total. The topological polar surface area (TPSA) is 77.4 Å². The fourth-order valence-electron chi connectivity index (χ4n) is 4.94. The number of ether oxygens (including phenoxy) is 1. The average molecular weight is 569 g/mol. The fourth-order valence-corrected chi connectivity index (χ4v) is 4.94. The number of carbonyl (C=O) groups excluding carboxylic acids is 3. The minimum absolute atomic E-state index is 0.0175. The highest BCUT2D eigenvalue weighted by atomic mass is 19.1. The number of para-hydroxylation sites is 2. The van der Waals surface area contributed by atoms with Crippen LogP contribution in [0.25, 0.3) is 22.0 Å². The van der Waals surface area contributed by atoms with E-state index in [9.17, 15) is 18.8 Å². The molecular weight excluding hydrogens is 543 g/mol. The molecule has 0 atom stereocenters. The van der Waals surface area contributed by atoms with Gasteiger partial charge in [0, 0.05) is 16.5 Å². The predicted octanol–water partition coefficient (Wildman–Crippen LogP) is 7.38. The van der Waals surface area contributed by atoms with Gasteiger partial charge in [0.2, 0.25) is 5.78 Å². The van der Waals surface area contributed by atoms with E-state index in [1.54, 1.807) is 60.7 Å². The summed E-state index contributed by atoms with van der Waals surface area (Å²) in [5, 5.41) is 3.33. The van der Waals surface area contributed by atoms with E-state index in [1.807, 2.05) is 48.5 Å². The molecule has 43 heavy (non-hydrogen) atoms. The molecule has 0 fully saturated rings. The predicted molar refractivity (Wildman–Crippen MR) is 164 cm³/mol. The Hall–Kier alpha value is -5.82. The summed E-state index contributed by atoms with van der Waals surface area (Å²) in [6, 6.07) is 37.7. The van der Waals surface area contributed by atoms with E-state index in [0.717, 1.165) is 11.1 Å². The number of aromatic nitrogens is 1. The number of benzene rings is 5. The molecule has 6 aromatic rings. The van der Waals surface area contributed by atoms with Crippen LogP contribution in [0.2, 0.25) is 0 Å². The molecule has 0 aliphatic rings. The van der Waals surface area contributed by atoms with Crippen LogP contribution in [0.4, 0.5) is 10.1 Å². The van der Waals surface area contributed by atoms with Gasteiger partial charge in [0.1, 0.15) is 17.3 Å². The number of anilines is 1. The zero-order chi connectivity index (χ0) is 29.8. The van der Waals surface area contributed by atoms with E-state index in [-0.39, 0.29) is 23.6 Å². The quantitative estimate of drug-likeness (QED) is 0.194. The molecule has 0 radical (unpaired) electrons. The lowest BCUT2D eigenvalue weighted by molar-refractivity contribution is -0.118. The molecule has 0 saturated heterocycles. The molecule has 0 aliphatic heterocycles. The number of ketones is 1. The monoisotopic (exact) mass is 568 g/mol. The second-order valence-corrected chi connectivity index (χ2v) is 9.81. The standard InChI is InChI=1S/C36H25FN2O4/c37-28-21-19-27(20-22-28)36(42)39-31-14-8-7-13-30(31)33(38-32(40)23-43-29-11-5-2-6-12-29)34(39)35(41)26-17-15-25(16-18-26)24-9-3-1-4-10-24/h1-22H,23H2,(H,38,40). The summed E-state index contributed by atoms with van der Waals surface area (Å²) in [5.41, 5.74) is 3.01. The second-order valence-electron chi connectivity index (χ2n) is 9.81. The molecule has 1 N–H and O–H groups in total. The summed E-state index contributed by atoms with van der Waals surface area (Å²) >= 11 is 0. The third-order valence-corrected chi connectivity index (χ3v) is 7.02. The summed E-state index contributed by atoms with van der Waals surface area (Å²) in [4.78, 5) is 41.3. The van der Waals surface area contributed by atoms with Crippen molar-refractivity contribution in [2.45, 2.75) is 0 Å². The molecule has 1 amide bonds. The van der Waals surface area contributed by atoms with Crippen molar-refractivity contribution in [3.8, 4) is 16.9 Å². The van der Waals surface area contributed by atoms with Crippen LogP contribution in [0.15, 0.2) is 133 Å². The smallest absolute Gasteiger partial charge is 0.263 e. The van der Waals surface area contributed by atoms with Gasteiger partial charge in [0.05, 0.1) is 11.2 Å². The van der Waals surface area contributed by atoms with E-state index >= 15 is 0 Å². The summed E-state index contributed by atoms with van der Waals surface area (Å²) in [7, 11) is 0. The van der Waals surface area contributed by atoms with Crippen LogP contribution in [-0.4, -0.2) is 28.8 Å². The maximum atomic E-state index is 14.2. The Morgan fingerprint density at radius 1 is 0.651 bits per heavy atom. The van der Waals surface area contributed by atoms with Crippen molar-refractivity contribution in [3.05, 3.63) is 156 Å². The molecule has 0 bridgehead atoms. The number of rotatable bonds is 8. The van der Waals surface area contributed by atoms with Crippen molar-refractivity contribution in [2.24, 2.45) is 0 Å². The summed E-state index contributed by atoms with van der Waals surface area (Å²) in [6.07, 6.45) is 0. The number of hydrogen-bond donors (Lipinski definition) is 1. The van der Waals surface area contributed by atoms with Crippen LogP contribution in [0, 0.1) is 5.82 Å². The maximum Gasteiger partial charge on any atom is 0.263 e. The number of halogens is 1. The number of nitrogens with one attached hydrogen (secondary N) is 1. The molecule has 6 rings (SSSR count). The molecule has 210 valence electrons. The lowest BCUT2D eigenvalue weighted by Crippen LogP contribution is -2.23. The largest absolute Gasteiger partial charge is 0.484 e. The van der Waals surface area contributed by atoms with Gasteiger partial charge in [-0.15, -0.1) is 0 Å². The first-order chi connectivity index (χ1) is 21.0. The van der Waals surface area contributed by atoms with Crippen LogP contribution in [0.5, 0.6) is 5.75 Å². The highest BCUT2D eigenvalue weighted by Gasteiger charge is 2.29. The van der Waals surface area contributed by atoms with Crippen LogP contribution in [-0.2, 0) is 4.79 Å². The zero-order valence-electron chi connectivity index (χ0n) is 22.9. The van der Waals surface area contributed by atoms with Crippen LogP contribution in [0.1, 0.15) is 26.4 Å². The van der Waals surface area contributed by atoms with Gasteiger partial charge >= 0.3 is 0 Å². The Labute approximate surface area is 247 Å². The molecule has 0 unspecified atom stereocenters. The van der Waals surface area contributed by atoms with Gasteiger partial charge in [-0.05, 0) is 53.6 Å². The van der Waals surface area contributed by atoms with Crippen molar-refractivity contribution < 1.29 is 23.5 Å². The number of fused-ring (bicyclic) bond motifs is 1. The number of hydrogen-bond acceptors (Lipinski definition) is 4. The first-order valence-corrected chi connectivity index (χ1v) is 13.6. The molecular formula is C36H25FN2O4. The summed E-state index contributed by atoms with van der Waals surface area (Å²) < 4.78 is 20.6. The van der Waals surface area contributed by atoms with E-state index in [2.05, 4.69) is 5.32 Å². The van der Waals surface area contributed by atoms with E-state index in [0.29, 0.717) is 22.2 Å². The lowest BCUT2D eigenvalue weighted by atomic mass is 10.0. The minimum atomic E-state index is -0.540. The van der Waals surface area contributed by atoms with Crippen molar-refractivity contribution in [3.63, 3.8) is 0 Å². The van der Waals surface area contributed by atoms with Crippen LogP contribution >= 0.6 is 0 Å². The van der Waals surface area contributed by atoms with Gasteiger partial charge in [-0.25, -0.2) is 4.39 Å². The Morgan fingerprint density at radius 2 is 1.23 bits per heavy atom. The van der Waals surface area contributed by atoms with Crippen molar-refractivity contribution in [1.82, 2.24) is 4.57 Å². The third-order valence-electron chi connectivity index (χ3n) is 7.02. The minimum Gasteiger partial charge on any atom is -0.484 e. The highest BCUT2D eigenvalue weighted by Crippen LogP contribution is 2.34. The third kappa shape index (κ3) is 5.69. The molecule has 0 saturated carbocycles. The normalized spacial score (nSPS) is 10.8. The number of carbonyl (C=O) groups is 3. The average Bonchev–Trinajstić information content (AvgIpc) is 3.38. The summed E-state index contributed by atoms with van der Waals surface area (Å²) in [5.74, 6) is -1.49. The molecule has 1 aromatic heterocycles. The van der Waals surface area contributed by atoms with Gasteiger partial charge in [-0.3, -0.25) is 19.0 Å².